The molecule has 4 rings (SSSR count). The van der Waals surface area contributed by atoms with E-state index < -0.39 is 0 Å². The van der Waals surface area contributed by atoms with E-state index in [9.17, 15) is 5.11 Å². The number of thiophene rings is 1. The molecule has 1 N–H and O–H groups in total. The summed E-state index contributed by atoms with van der Waals surface area (Å²) in [6, 6.07) is 21.0. The molecule has 1 aliphatic carbocycles. The second-order valence-corrected chi connectivity index (χ2v) is 6.66. The lowest BCUT2D eigenvalue weighted by molar-refractivity contribution is 0.155. The molecule has 2 heteroatoms. The van der Waals surface area contributed by atoms with Crippen LogP contribution in [0.25, 0.3) is 10.1 Å². The zero-order valence-corrected chi connectivity index (χ0v) is 11.9. The number of hydrogen-bond acceptors (Lipinski definition) is 2. The van der Waals surface area contributed by atoms with E-state index in [0.717, 1.165) is 11.3 Å². The first-order chi connectivity index (χ1) is 9.83. The summed E-state index contributed by atoms with van der Waals surface area (Å²) in [4.78, 5) is 1.11. The van der Waals surface area contributed by atoms with Crippen LogP contribution in [0, 0.1) is 5.92 Å². The van der Waals surface area contributed by atoms with Crippen LogP contribution in [0.4, 0.5) is 0 Å². The summed E-state index contributed by atoms with van der Waals surface area (Å²) in [5, 5.41) is 11.8. The molecule has 3 aromatic rings. The van der Waals surface area contributed by atoms with Gasteiger partial charge in [-0.2, -0.15) is 0 Å². The highest BCUT2D eigenvalue weighted by Crippen LogP contribution is 2.55. The van der Waals surface area contributed by atoms with E-state index in [2.05, 4.69) is 54.6 Å². The predicted molar refractivity (Wildman–Crippen MR) is 84.1 cm³/mol. The summed E-state index contributed by atoms with van der Waals surface area (Å²) in [5.74, 6) is 0.905. The van der Waals surface area contributed by atoms with Crippen LogP contribution in [0.5, 0.6) is 0 Å². The maximum absolute atomic E-state index is 10.6. The first-order valence-corrected chi connectivity index (χ1v) is 7.86. The lowest BCUT2D eigenvalue weighted by atomic mass is 10.1. The summed E-state index contributed by atoms with van der Waals surface area (Å²) < 4.78 is 1.26. The van der Waals surface area contributed by atoms with Gasteiger partial charge in [-0.1, -0.05) is 48.5 Å². The molecule has 1 aliphatic rings. The third-order valence-electron chi connectivity index (χ3n) is 4.21. The van der Waals surface area contributed by atoms with E-state index in [1.807, 2.05) is 6.07 Å². The minimum absolute atomic E-state index is 0.322. The van der Waals surface area contributed by atoms with Crippen LogP contribution < -0.4 is 0 Å². The third kappa shape index (κ3) is 2.05. The largest absolute Gasteiger partial charge is 0.387 e. The summed E-state index contributed by atoms with van der Waals surface area (Å²) in [6.07, 6.45) is 0.775. The number of fused-ring (bicyclic) bond motifs is 1. The Morgan fingerprint density at radius 3 is 2.55 bits per heavy atom. The maximum Gasteiger partial charge on any atom is 0.0916 e. The SMILES string of the molecule is OC(c1cc2ccccc2s1)C1CC1c1ccccc1. The van der Waals surface area contributed by atoms with Gasteiger partial charge in [0.1, 0.15) is 0 Å². The van der Waals surface area contributed by atoms with Gasteiger partial charge < -0.3 is 5.11 Å². The van der Waals surface area contributed by atoms with Crippen LogP contribution in [-0.4, -0.2) is 5.11 Å². The van der Waals surface area contributed by atoms with Gasteiger partial charge in [-0.25, -0.2) is 0 Å². The Morgan fingerprint density at radius 2 is 1.75 bits per heavy atom. The van der Waals surface area contributed by atoms with Gasteiger partial charge >= 0.3 is 0 Å². The molecule has 1 saturated carbocycles. The smallest absolute Gasteiger partial charge is 0.0916 e. The fourth-order valence-electron chi connectivity index (χ4n) is 3.01. The minimum atomic E-state index is -0.322. The van der Waals surface area contributed by atoms with Crippen molar-refractivity contribution in [1.82, 2.24) is 0 Å². The molecular formula is C18H16OS. The second-order valence-electron chi connectivity index (χ2n) is 5.55. The molecule has 2 aromatic carbocycles. The molecule has 1 fully saturated rings. The maximum atomic E-state index is 10.6. The van der Waals surface area contributed by atoms with E-state index in [-0.39, 0.29) is 6.10 Å². The van der Waals surface area contributed by atoms with Gasteiger partial charge in [-0.15, -0.1) is 11.3 Å². The molecule has 0 aliphatic heterocycles. The Hall–Kier alpha value is -1.64. The molecule has 100 valence electrons. The number of aliphatic hydroxyl groups excluding tert-OH is 1. The fraction of sp³-hybridized carbons (Fsp3) is 0.222. The van der Waals surface area contributed by atoms with E-state index in [1.54, 1.807) is 11.3 Å². The Labute approximate surface area is 122 Å². The molecule has 1 aromatic heterocycles. The van der Waals surface area contributed by atoms with Crippen molar-refractivity contribution in [2.75, 3.05) is 0 Å². The molecule has 0 amide bonds. The number of aliphatic hydroxyl groups is 1. The van der Waals surface area contributed by atoms with Crippen molar-refractivity contribution in [3.63, 3.8) is 0 Å². The van der Waals surface area contributed by atoms with E-state index in [4.69, 9.17) is 0 Å². The van der Waals surface area contributed by atoms with Gasteiger partial charge in [0, 0.05) is 9.58 Å². The summed E-state index contributed by atoms with van der Waals surface area (Å²) in [7, 11) is 0. The minimum Gasteiger partial charge on any atom is -0.387 e. The third-order valence-corrected chi connectivity index (χ3v) is 5.40. The van der Waals surface area contributed by atoms with Gasteiger partial charge in [-0.05, 0) is 41.3 Å². The van der Waals surface area contributed by atoms with Gasteiger partial charge in [0.15, 0.2) is 0 Å². The quantitative estimate of drug-likeness (QED) is 0.735. The molecule has 0 radical (unpaired) electrons. The van der Waals surface area contributed by atoms with Crippen LogP contribution in [0.15, 0.2) is 60.7 Å². The van der Waals surface area contributed by atoms with Gasteiger partial charge in [-0.3, -0.25) is 0 Å². The summed E-state index contributed by atoms with van der Waals surface area (Å²) >= 11 is 1.72. The van der Waals surface area contributed by atoms with Crippen LogP contribution in [-0.2, 0) is 0 Å². The molecule has 1 heterocycles. The Balaban J connectivity index is 1.58. The molecule has 0 bridgehead atoms. The number of benzene rings is 2. The van der Waals surface area contributed by atoms with Crippen molar-refractivity contribution in [3.05, 3.63) is 71.1 Å². The standard InChI is InChI=1S/C18H16OS/c19-18(15-11-14(15)12-6-2-1-3-7-12)17-10-13-8-4-5-9-16(13)20-17/h1-10,14-15,18-19H,11H2. The molecule has 1 nitrogen and oxygen atoms in total. The Morgan fingerprint density at radius 1 is 1.00 bits per heavy atom. The van der Waals surface area contributed by atoms with E-state index in [0.29, 0.717) is 11.8 Å². The first kappa shape index (κ1) is 12.1. The van der Waals surface area contributed by atoms with Crippen LogP contribution in [0.3, 0.4) is 0 Å². The van der Waals surface area contributed by atoms with Crippen molar-refractivity contribution in [1.29, 1.82) is 0 Å². The van der Waals surface area contributed by atoms with Crippen LogP contribution >= 0.6 is 11.3 Å². The molecule has 0 saturated heterocycles. The fourth-order valence-corrected chi connectivity index (χ4v) is 4.13. The Kier molecular flexibility index (Phi) is 2.86. The average molecular weight is 280 g/mol. The van der Waals surface area contributed by atoms with Crippen LogP contribution in [0.1, 0.15) is 28.9 Å². The average Bonchev–Trinajstić information content (AvgIpc) is 3.18. The van der Waals surface area contributed by atoms with E-state index >= 15 is 0 Å². The second kappa shape index (κ2) is 4.72. The van der Waals surface area contributed by atoms with Gasteiger partial charge in [0.25, 0.3) is 0 Å². The number of hydrogen-bond donors (Lipinski definition) is 1. The van der Waals surface area contributed by atoms with Crippen molar-refractivity contribution < 1.29 is 5.11 Å². The molecular weight excluding hydrogens is 264 g/mol. The van der Waals surface area contributed by atoms with Gasteiger partial charge in [0.2, 0.25) is 0 Å². The topological polar surface area (TPSA) is 20.2 Å². The monoisotopic (exact) mass is 280 g/mol. The molecule has 0 spiro atoms. The van der Waals surface area contributed by atoms with E-state index in [1.165, 1.54) is 15.6 Å². The summed E-state index contributed by atoms with van der Waals surface area (Å²) in [5.41, 5.74) is 1.36. The molecule has 20 heavy (non-hydrogen) atoms. The molecule has 3 unspecified atom stereocenters. The first-order valence-electron chi connectivity index (χ1n) is 7.04. The highest BCUT2D eigenvalue weighted by Gasteiger charge is 2.44. The number of rotatable bonds is 3. The van der Waals surface area contributed by atoms with Gasteiger partial charge in [0.05, 0.1) is 6.10 Å². The zero-order valence-electron chi connectivity index (χ0n) is 11.1. The lowest BCUT2D eigenvalue weighted by Gasteiger charge is -2.07. The zero-order chi connectivity index (χ0) is 13.5. The Bertz CT molecular complexity index is 698. The van der Waals surface area contributed by atoms with Crippen LogP contribution in [0.2, 0.25) is 0 Å². The van der Waals surface area contributed by atoms with Crippen molar-refractivity contribution in [3.8, 4) is 0 Å². The van der Waals surface area contributed by atoms with Crippen molar-refractivity contribution in [2.24, 2.45) is 5.92 Å². The summed E-state index contributed by atoms with van der Waals surface area (Å²) in [6.45, 7) is 0. The predicted octanol–water partition coefficient (Wildman–Crippen LogP) is 4.74. The molecule has 3 atom stereocenters. The highest BCUT2D eigenvalue weighted by atomic mass is 32.1. The van der Waals surface area contributed by atoms with Crippen molar-refractivity contribution >= 4 is 21.4 Å². The highest BCUT2D eigenvalue weighted by molar-refractivity contribution is 7.19. The van der Waals surface area contributed by atoms with Crippen molar-refractivity contribution in [2.45, 2.75) is 18.4 Å². The lowest BCUT2D eigenvalue weighted by Crippen LogP contribution is -1.98. The normalized spacial score (nSPS) is 22.9.